The van der Waals surface area contributed by atoms with Gasteiger partial charge in [-0.3, -0.25) is 0 Å². The number of sulfonamides is 1. The van der Waals surface area contributed by atoms with Crippen molar-refractivity contribution >= 4 is 21.6 Å². The SMILES string of the molecule is Cc1cccc2nc(NCCCS(N)(=O)=O)nn12. The van der Waals surface area contributed by atoms with E-state index in [1.54, 1.807) is 4.52 Å². The molecule has 2 aromatic rings. The maximum Gasteiger partial charge on any atom is 0.243 e. The summed E-state index contributed by atoms with van der Waals surface area (Å²) in [5.41, 5.74) is 1.74. The standard InChI is InChI=1S/C10H15N5O2S/c1-8-4-2-5-9-13-10(14-15(8)9)12-6-3-7-18(11,16)17/h2,4-5H,3,6-7H2,1H3,(H,12,14)(H2,11,16,17). The third kappa shape index (κ3) is 3.17. The highest BCUT2D eigenvalue weighted by Crippen LogP contribution is 2.07. The molecule has 0 aromatic carbocycles. The number of aromatic nitrogens is 3. The number of hydrogen-bond donors (Lipinski definition) is 2. The quantitative estimate of drug-likeness (QED) is 0.751. The lowest BCUT2D eigenvalue weighted by Crippen LogP contribution is -2.18. The van der Waals surface area contributed by atoms with E-state index >= 15 is 0 Å². The van der Waals surface area contributed by atoms with Crippen LogP contribution >= 0.6 is 0 Å². The lowest BCUT2D eigenvalue weighted by atomic mass is 10.4. The van der Waals surface area contributed by atoms with Crippen LogP contribution in [0.3, 0.4) is 0 Å². The van der Waals surface area contributed by atoms with Gasteiger partial charge in [0.05, 0.1) is 5.75 Å². The molecule has 0 amide bonds. The molecule has 2 rings (SSSR count). The first-order chi connectivity index (χ1) is 8.46. The van der Waals surface area contributed by atoms with Crippen LogP contribution < -0.4 is 10.5 Å². The van der Waals surface area contributed by atoms with Gasteiger partial charge in [-0.2, -0.15) is 4.98 Å². The summed E-state index contributed by atoms with van der Waals surface area (Å²) in [4.78, 5) is 4.27. The van der Waals surface area contributed by atoms with Gasteiger partial charge in [0.15, 0.2) is 5.65 Å². The van der Waals surface area contributed by atoms with E-state index in [0.717, 1.165) is 11.3 Å². The molecule has 98 valence electrons. The fourth-order valence-corrected chi connectivity index (χ4v) is 2.13. The van der Waals surface area contributed by atoms with Crippen LogP contribution in [-0.4, -0.2) is 35.3 Å². The number of pyridine rings is 1. The van der Waals surface area contributed by atoms with Crippen molar-refractivity contribution in [2.45, 2.75) is 13.3 Å². The van der Waals surface area contributed by atoms with Gasteiger partial charge in [-0.15, -0.1) is 5.10 Å². The molecule has 0 radical (unpaired) electrons. The first kappa shape index (κ1) is 12.8. The van der Waals surface area contributed by atoms with Crippen molar-refractivity contribution in [2.24, 2.45) is 5.14 Å². The number of hydrogen-bond acceptors (Lipinski definition) is 5. The molecular weight excluding hydrogens is 254 g/mol. The molecule has 0 fully saturated rings. The van der Waals surface area contributed by atoms with Crippen LogP contribution in [0, 0.1) is 6.92 Å². The Hall–Kier alpha value is -1.67. The molecule has 7 nitrogen and oxygen atoms in total. The number of primary sulfonamides is 1. The molecule has 0 aliphatic heterocycles. The minimum Gasteiger partial charge on any atom is -0.353 e. The summed E-state index contributed by atoms with van der Waals surface area (Å²) in [7, 11) is -3.40. The predicted molar refractivity (Wildman–Crippen MR) is 68.8 cm³/mol. The zero-order chi connectivity index (χ0) is 13.2. The highest BCUT2D eigenvalue weighted by molar-refractivity contribution is 7.89. The van der Waals surface area contributed by atoms with E-state index < -0.39 is 10.0 Å². The normalized spacial score (nSPS) is 11.9. The van der Waals surface area contributed by atoms with Crippen LogP contribution in [-0.2, 0) is 10.0 Å². The number of nitrogens with two attached hydrogens (primary N) is 1. The lowest BCUT2D eigenvalue weighted by molar-refractivity contribution is 0.595. The van der Waals surface area contributed by atoms with E-state index in [4.69, 9.17) is 5.14 Å². The predicted octanol–water partition coefficient (Wildman–Crippen LogP) is 0.128. The van der Waals surface area contributed by atoms with E-state index in [1.165, 1.54) is 0 Å². The average Bonchev–Trinajstić information content (AvgIpc) is 2.68. The molecular formula is C10H15N5O2S. The molecule has 0 spiro atoms. The fourth-order valence-electron chi connectivity index (χ4n) is 1.58. The number of nitrogens with one attached hydrogen (secondary N) is 1. The molecule has 0 saturated carbocycles. The van der Waals surface area contributed by atoms with Gasteiger partial charge in [-0.05, 0) is 25.5 Å². The van der Waals surface area contributed by atoms with Crippen molar-refractivity contribution in [3.8, 4) is 0 Å². The third-order valence-electron chi connectivity index (χ3n) is 2.44. The Kier molecular flexibility index (Phi) is 3.48. The Morgan fingerprint density at radius 2 is 2.22 bits per heavy atom. The maximum absolute atomic E-state index is 10.7. The molecule has 2 heterocycles. The van der Waals surface area contributed by atoms with Crippen LogP contribution in [0.15, 0.2) is 18.2 Å². The number of fused-ring (bicyclic) bond motifs is 1. The molecule has 8 heteroatoms. The first-order valence-electron chi connectivity index (χ1n) is 5.52. The zero-order valence-corrected chi connectivity index (χ0v) is 10.8. The monoisotopic (exact) mass is 269 g/mol. The molecule has 0 atom stereocenters. The van der Waals surface area contributed by atoms with Gasteiger partial charge in [0, 0.05) is 12.2 Å². The Bertz CT molecular complexity index is 649. The summed E-state index contributed by atoms with van der Waals surface area (Å²) in [6.45, 7) is 2.40. The van der Waals surface area contributed by atoms with Crippen LogP contribution in [0.1, 0.15) is 12.1 Å². The Morgan fingerprint density at radius 1 is 1.44 bits per heavy atom. The van der Waals surface area contributed by atoms with Gasteiger partial charge in [0.25, 0.3) is 0 Å². The van der Waals surface area contributed by atoms with Crippen LogP contribution in [0.2, 0.25) is 0 Å². The van der Waals surface area contributed by atoms with E-state index in [0.29, 0.717) is 18.9 Å². The minimum absolute atomic E-state index is 0.0492. The summed E-state index contributed by atoms with van der Waals surface area (Å²) in [5, 5.41) is 12.1. The minimum atomic E-state index is -3.40. The maximum atomic E-state index is 10.7. The molecule has 3 N–H and O–H groups in total. The van der Waals surface area contributed by atoms with Gasteiger partial charge >= 0.3 is 0 Å². The van der Waals surface area contributed by atoms with Crippen molar-refractivity contribution in [3.63, 3.8) is 0 Å². The van der Waals surface area contributed by atoms with E-state index in [-0.39, 0.29) is 5.75 Å². The zero-order valence-electron chi connectivity index (χ0n) is 10.00. The molecule has 18 heavy (non-hydrogen) atoms. The number of rotatable bonds is 5. The first-order valence-corrected chi connectivity index (χ1v) is 7.24. The Morgan fingerprint density at radius 3 is 2.89 bits per heavy atom. The van der Waals surface area contributed by atoms with Crippen LogP contribution in [0.5, 0.6) is 0 Å². The summed E-state index contributed by atoms with van der Waals surface area (Å²) < 4.78 is 23.2. The second kappa shape index (κ2) is 4.91. The average molecular weight is 269 g/mol. The number of anilines is 1. The molecule has 0 unspecified atom stereocenters. The highest BCUT2D eigenvalue weighted by Gasteiger charge is 2.05. The second-order valence-electron chi connectivity index (χ2n) is 4.02. The summed E-state index contributed by atoms with van der Waals surface area (Å²) in [5.74, 6) is 0.436. The topological polar surface area (TPSA) is 102 Å². The summed E-state index contributed by atoms with van der Waals surface area (Å²) in [6.07, 6.45) is 0.424. The molecule has 0 bridgehead atoms. The van der Waals surface area contributed by atoms with E-state index in [2.05, 4.69) is 15.4 Å². The molecule has 2 aromatic heterocycles. The fraction of sp³-hybridized carbons (Fsp3) is 0.400. The van der Waals surface area contributed by atoms with Gasteiger partial charge < -0.3 is 5.32 Å². The highest BCUT2D eigenvalue weighted by atomic mass is 32.2. The Balaban J connectivity index is 1.98. The van der Waals surface area contributed by atoms with Gasteiger partial charge in [-0.25, -0.2) is 18.1 Å². The number of nitrogens with zero attached hydrogens (tertiary/aromatic N) is 3. The smallest absolute Gasteiger partial charge is 0.243 e. The van der Waals surface area contributed by atoms with E-state index in [9.17, 15) is 8.42 Å². The molecule has 0 saturated heterocycles. The second-order valence-corrected chi connectivity index (χ2v) is 5.75. The van der Waals surface area contributed by atoms with Crippen molar-refractivity contribution in [1.82, 2.24) is 14.6 Å². The van der Waals surface area contributed by atoms with Crippen LogP contribution in [0.4, 0.5) is 5.95 Å². The van der Waals surface area contributed by atoms with Gasteiger partial charge in [0.2, 0.25) is 16.0 Å². The third-order valence-corrected chi connectivity index (χ3v) is 3.30. The van der Waals surface area contributed by atoms with Crippen molar-refractivity contribution in [1.29, 1.82) is 0 Å². The molecule has 0 aliphatic rings. The largest absolute Gasteiger partial charge is 0.353 e. The van der Waals surface area contributed by atoms with Gasteiger partial charge in [0.1, 0.15) is 0 Å². The van der Waals surface area contributed by atoms with Crippen molar-refractivity contribution in [3.05, 3.63) is 23.9 Å². The number of aryl methyl sites for hydroxylation is 1. The lowest BCUT2D eigenvalue weighted by Gasteiger charge is -2.00. The molecule has 0 aliphatic carbocycles. The van der Waals surface area contributed by atoms with Crippen molar-refractivity contribution in [2.75, 3.05) is 17.6 Å². The summed E-state index contributed by atoms with van der Waals surface area (Å²) >= 11 is 0. The summed E-state index contributed by atoms with van der Waals surface area (Å²) in [6, 6.07) is 5.70. The van der Waals surface area contributed by atoms with Gasteiger partial charge in [-0.1, -0.05) is 6.07 Å². The Labute approximate surface area is 105 Å². The van der Waals surface area contributed by atoms with E-state index in [1.807, 2.05) is 25.1 Å². The van der Waals surface area contributed by atoms with Crippen molar-refractivity contribution < 1.29 is 8.42 Å². The van der Waals surface area contributed by atoms with Crippen LogP contribution in [0.25, 0.3) is 5.65 Å².